The van der Waals surface area contributed by atoms with Crippen LogP contribution in [0.2, 0.25) is 0 Å². The average molecular weight is 327 g/mol. The minimum Gasteiger partial charge on any atom is -0.489 e. The van der Waals surface area contributed by atoms with Crippen molar-refractivity contribution in [3.63, 3.8) is 0 Å². The van der Waals surface area contributed by atoms with Crippen LogP contribution in [0.4, 0.5) is 5.95 Å². The van der Waals surface area contributed by atoms with Crippen molar-refractivity contribution >= 4 is 11.9 Å². The van der Waals surface area contributed by atoms with Gasteiger partial charge in [0.2, 0.25) is 11.9 Å². The van der Waals surface area contributed by atoms with E-state index in [1.54, 1.807) is 0 Å². The molecule has 1 aromatic carbocycles. The van der Waals surface area contributed by atoms with Crippen molar-refractivity contribution in [1.82, 2.24) is 20.3 Å². The third kappa shape index (κ3) is 3.78. The lowest BCUT2D eigenvalue weighted by Gasteiger charge is -2.07. The highest BCUT2D eigenvalue weighted by Gasteiger charge is 2.10. The van der Waals surface area contributed by atoms with E-state index < -0.39 is 0 Å². The van der Waals surface area contributed by atoms with Crippen LogP contribution in [0.1, 0.15) is 22.6 Å². The van der Waals surface area contributed by atoms with Gasteiger partial charge in [0.05, 0.1) is 17.7 Å². The topological polar surface area (TPSA) is 106 Å². The maximum absolute atomic E-state index is 11.9. The predicted octanol–water partition coefficient (Wildman–Crippen LogP) is 2.17. The number of carbonyl (C=O) groups excluding carboxylic acids is 1. The summed E-state index contributed by atoms with van der Waals surface area (Å²) < 4.78 is 10.8. The fourth-order valence-electron chi connectivity index (χ4n) is 2.19. The quantitative estimate of drug-likeness (QED) is 0.718. The Morgan fingerprint density at radius 3 is 2.71 bits per heavy atom. The summed E-state index contributed by atoms with van der Waals surface area (Å²) in [4.78, 5) is 15.7. The Kier molecular flexibility index (Phi) is 4.55. The van der Waals surface area contributed by atoms with Crippen molar-refractivity contribution in [1.29, 1.82) is 0 Å². The normalized spacial score (nSPS) is 10.6. The van der Waals surface area contributed by atoms with E-state index in [4.69, 9.17) is 9.26 Å². The molecule has 0 unspecified atom stereocenters. The lowest BCUT2D eigenvalue weighted by Crippen LogP contribution is -2.15. The number of aryl methyl sites for hydroxylation is 2. The standard InChI is InChI=1S/C16H17N5O3/c1-10-14(11(2)24-21-10)8-23-13-5-3-12(4-6-13)7-15(22)19-16-17-9-18-20-16/h3-6,9H,7-8H2,1-2H3,(H2,17,18,19,20,22). The van der Waals surface area contributed by atoms with Crippen molar-refractivity contribution in [3.8, 4) is 5.75 Å². The van der Waals surface area contributed by atoms with Crippen LogP contribution < -0.4 is 10.1 Å². The molecule has 2 N–H and O–H groups in total. The Morgan fingerprint density at radius 2 is 2.08 bits per heavy atom. The van der Waals surface area contributed by atoms with Crippen LogP contribution in [-0.2, 0) is 17.8 Å². The Labute approximate surface area is 138 Å². The van der Waals surface area contributed by atoms with Gasteiger partial charge in [0.15, 0.2) is 0 Å². The van der Waals surface area contributed by atoms with Crippen molar-refractivity contribution in [2.24, 2.45) is 0 Å². The predicted molar refractivity (Wildman–Crippen MR) is 85.5 cm³/mol. The number of hydrogen-bond acceptors (Lipinski definition) is 6. The lowest BCUT2D eigenvalue weighted by atomic mass is 10.1. The summed E-state index contributed by atoms with van der Waals surface area (Å²) in [6.45, 7) is 4.13. The van der Waals surface area contributed by atoms with Crippen LogP contribution in [0.25, 0.3) is 0 Å². The second-order valence-electron chi connectivity index (χ2n) is 5.29. The van der Waals surface area contributed by atoms with E-state index in [1.807, 2.05) is 38.1 Å². The van der Waals surface area contributed by atoms with Crippen LogP contribution in [0, 0.1) is 13.8 Å². The number of amides is 1. The Bertz CT molecular complexity index is 789. The zero-order valence-electron chi connectivity index (χ0n) is 13.4. The number of benzene rings is 1. The van der Waals surface area contributed by atoms with Gasteiger partial charge >= 0.3 is 0 Å². The zero-order chi connectivity index (χ0) is 16.9. The molecule has 0 atom stereocenters. The van der Waals surface area contributed by atoms with Gasteiger partial charge in [-0.05, 0) is 31.5 Å². The number of H-pyrrole nitrogens is 1. The molecule has 1 amide bonds. The molecule has 0 aliphatic rings. The number of nitrogens with zero attached hydrogens (tertiary/aromatic N) is 3. The zero-order valence-corrected chi connectivity index (χ0v) is 13.4. The molecule has 0 saturated carbocycles. The average Bonchev–Trinajstić information content (AvgIpc) is 3.17. The van der Waals surface area contributed by atoms with Gasteiger partial charge < -0.3 is 9.26 Å². The Balaban J connectivity index is 1.54. The van der Waals surface area contributed by atoms with Gasteiger partial charge in [-0.3, -0.25) is 10.1 Å². The molecule has 2 aromatic heterocycles. The largest absolute Gasteiger partial charge is 0.489 e. The molecule has 0 saturated heterocycles. The van der Waals surface area contributed by atoms with E-state index in [-0.39, 0.29) is 12.3 Å². The molecule has 0 bridgehead atoms. The van der Waals surface area contributed by atoms with Crippen LogP contribution in [0.5, 0.6) is 5.75 Å². The molecule has 2 heterocycles. The number of rotatable bonds is 6. The van der Waals surface area contributed by atoms with Crippen LogP contribution in [0.3, 0.4) is 0 Å². The summed E-state index contributed by atoms with van der Waals surface area (Å²) in [7, 11) is 0. The van der Waals surface area contributed by atoms with Crippen molar-refractivity contribution in [2.75, 3.05) is 5.32 Å². The lowest BCUT2D eigenvalue weighted by molar-refractivity contribution is -0.115. The number of aromatic nitrogens is 4. The summed E-state index contributed by atoms with van der Waals surface area (Å²) in [5.41, 5.74) is 2.65. The molecule has 8 heteroatoms. The van der Waals surface area contributed by atoms with Crippen molar-refractivity contribution in [3.05, 3.63) is 53.2 Å². The first-order valence-electron chi connectivity index (χ1n) is 7.40. The van der Waals surface area contributed by atoms with E-state index in [0.717, 1.165) is 28.3 Å². The van der Waals surface area contributed by atoms with Gasteiger partial charge in [0.1, 0.15) is 24.4 Å². The monoisotopic (exact) mass is 327 g/mol. The highest BCUT2D eigenvalue weighted by atomic mass is 16.5. The first-order chi connectivity index (χ1) is 11.6. The Morgan fingerprint density at radius 1 is 1.29 bits per heavy atom. The number of ether oxygens (including phenoxy) is 1. The van der Waals surface area contributed by atoms with E-state index in [9.17, 15) is 4.79 Å². The molecular formula is C16H17N5O3. The second-order valence-corrected chi connectivity index (χ2v) is 5.29. The summed E-state index contributed by atoms with van der Waals surface area (Å²) in [5, 5.41) is 12.8. The van der Waals surface area contributed by atoms with Crippen LogP contribution in [-0.4, -0.2) is 26.2 Å². The summed E-state index contributed by atoms with van der Waals surface area (Å²) in [6, 6.07) is 7.36. The molecule has 0 aliphatic carbocycles. The smallest absolute Gasteiger partial charge is 0.231 e. The van der Waals surface area contributed by atoms with E-state index >= 15 is 0 Å². The van der Waals surface area contributed by atoms with Gasteiger partial charge in [0.25, 0.3) is 0 Å². The van der Waals surface area contributed by atoms with Gasteiger partial charge in [-0.25, -0.2) is 5.10 Å². The maximum Gasteiger partial charge on any atom is 0.231 e. The molecule has 8 nitrogen and oxygen atoms in total. The first-order valence-corrected chi connectivity index (χ1v) is 7.40. The molecule has 124 valence electrons. The molecular weight excluding hydrogens is 310 g/mol. The number of anilines is 1. The molecule has 3 aromatic rings. The van der Waals surface area contributed by atoms with Crippen LogP contribution >= 0.6 is 0 Å². The van der Waals surface area contributed by atoms with Crippen molar-refractivity contribution in [2.45, 2.75) is 26.9 Å². The molecule has 3 rings (SSSR count). The number of carbonyl (C=O) groups is 1. The number of hydrogen-bond donors (Lipinski definition) is 2. The second kappa shape index (κ2) is 6.95. The van der Waals surface area contributed by atoms with E-state index in [2.05, 4.69) is 25.7 Å². The van der Waals surface area contributed by atoms with E-state index in [1.165, 1.54) is 6.33 Å². The van der Waals surface area contributed by atoms with Gasteiger partial charge in [0, 0.05) is 0 Å². The third-order valence-corrected chi connectivity index (χ3v) is 3.53. The van der Waals surface area contributed by atoms with Gasteiger partial charge in [-0.1, -0.05) is 17.3 Å². The number of aromatic amines is 1. The molecule has 24 heavy (non-hydrogen) atoms. The fraction of sp³-hybridized carbons (Fsp3) is 0.250. The maximum atomic E-state index is 11.9. The summed E-state index contributed by atoms with van der Waals surface area (Å²) >= 11 is 0. The summed E-state index contributed by atoms with van der Waals surface area (Å²) in [6.07, 6.45) is 1.57. The fourth-order valence-corrected chi connectivity index (χ4v) is 2.19. The highest BCUT2D eigenvalue weighted by molar-refractivity contribution is 5.90. The van der Waals surface area contributed by atoms with Gasteiger partial charge in [-0.2, -0.15) is 10.1 Å². The minimum absolute atomic E-state index is 0.170. The van der Waals surface area contributed by atoms with Crippen LogP contribution in [0.15, 0.2) is 35.1 Å². The first kappa shape index (κ1) is 15.7. The molecule has 0 radical (unpaired) electrons. The minimum atomic E-state index is -0.170. The van der Waals surface area contributed by atoms with Gasteiger partial charge in [-0.15, -0.1) is 0 Å². The molecule has 0 aliphatic heterocycles. The third-order valence-electron chi connectivity index (χ3n) is 3.53. The van der Waals surface area contributed by atoms with Crippen molar-refractivity contribution < 1.29 is 14.1 Å². The Hall–Kier alpha value is -3.16. The SMILES string of the molecule is Cc1noc(C)c1COc1ccc(CC(=O)Nc2ncn[nH]2)cc1. The summed E-state index contributed by atoms with van der Waals surface area (Å²) in [5.74, 6) is 1.64. The van der Waals surface area contributed by atoms with E-state index in [0.29, 0.717) is 12.6 Å². The molecule has 0 spiro atoms. The molecule has 0 fully saturated rings. The number of nitrogens with one attached hydrogen (secondary N) is 2. The highest BCUT2D eigenvalue weighted by Crippen LogP contribution is 2.18.